The van der Waals surface area contributed by atoms with E-state index in [1.807, 2.05) is 49.8 Å². The molecule has 4 aromatic heterocycles. The van der Waals surface area contributed by atoms with Gasteiger partial charge in [0.1, 0.15) is 15.5 Å². The molecule has 0 amide bonds. The number of ether oxygens (including phenoxy) is 1. The summed E-state index contributed by atoms with van der Waals surface area (Å²) >= 11 is 8.07. The Morgan fingerprint density at radius 1 is 1.13 bits per heavy atom. The van der Waals surface area contributed by atoms with Crippen molar-refractivity contribution in [3.05, 3.63) is 107 Å². The van der Waals surface area contributed by atoms with Crippen molar-refractivity contribution in [2.45, 2.75) is 48.9 Å². The van der Waals surface area contributed by atoms with Crippen molar-refractivity contribution in [3.8, 4) is 16.2 Å². The Hall–Kier alpha value is -3.77. The van der Waals surface area contributed by atoms with Gasteiger partial charge in [0.2, 0.25) is 10.0 Å². The highest BCUT2D eigenvalue weighted by molar-refractivity contribution is 7.91. The minimum Gasteiger partial charge on any atom is -0.497 e. The monoisotopic (exact) mass is 660 g/mol. The fourth-order valence-corrected chi connectivity index (χ4v) is 9.71. The van der Waals surface area contributed by atoms with Gasteiger partial charge < -0.3 is 10.1 Å². The molecule has 5 aromatic rings. The molecule has 9 nitrogen and oxygen atoms in total. The van der Waals surface area contributed by atoms with E-state index in [1.165, 1.54) is 9.54 Å². The van der Waals surface area contributed by atoms with Crippen molar-refractivity contribution in [3.63, 3.8) is 0 Å². The summed E-state index contributed by atoms with van der Waals surface area (Å²) in [5.41, 5.74) is 3.05. The number of benzene rings is 1. The zero-order chi connectivity index (χ0) is 31.4. The number of halogens is 1. The molecule has 1 aromatic carbocycles. The van der Waals surface area contributed by atoms with Gasteiger partial charge in [-0.25, -0.2) is 22.4 Å². The molecule has 1 N–H and O–H groups in total. The van der Waals surface area contributed by atoms with Gasteiger partial charge in [-0.2, -0.15) is 5.10 Å². The molecule has 232 valence electrons. The number of pyridine rings is 1. The maximum atomic E-state index is 14.5. The van der Waals surface area contributed by atoms with Crippen molar-refractivity contribution >= 4 is 44.0 Å². The average Bonchev–Trinajstić information content (AvgIpc) is 3.77. The number of methoxy groups -OCH3 is 1. The van der Waals surface area contributed by atoms with Crippen LogP contribution in [0.25, 0.3) is 21.5 Å². The maximum absolute atomic E-state index is 14.5. The van der Waals surface area contributed by atoms with Crippen molar-refractivity contribution in [2.75, 3.05) is 7.11 Å². The lowest BCUT2D eigenvalue weighted by atomic mass is 9.77. The van der Waals surface area contributed by atoms with Crippen molar-refractivity contribution in [1.29, 1.82) is 0 Å². The molecule has 0 radical (unpaired) electrons. The van der Waals surface area contributed by atoms with Crippen LogP contribution in [-0.2, 0) is 29.2 Å². The van der Waals surface area contributed by atoms with E-state index in [1.54, 1.807) is 60.8 Å². The van der Waals surface area contributed by atoms with Gasteiger partial charge in [0.25, 0.3) is 0 Å². The molecule has 1 saturated carbocycles. The third kappa shape index (κ3) is 5.02. The lowest BCUT2D eigenvalue weighted by molar-refractivity contribution is 0.183. The van der Waals surface area contributed by atoms with Gasteiger partial charge in [-0.05, 0) is 73.7 Å². The Kier molecular flexibility index (Phi) is 7.47. The van der Waals surface area contributed by atoms with E-state index in [0.717, 1.165) is 58.0 Å². The zero-order valence-corrected chi connectivity index (χ0v) is 27.5. The SMILES string of the molecule is COc1ccc(CNC2(c3ncc(-c4ccnc5c4ccn5S(=O)(=O)C4(C)C=C(Cl)C=CC4c4cnn(C)c4)s3)CCC2)cc1. The smallest absolute Gasteiger partial charge is 0.250 e. The lowest BCUT2D eigenvalue weighted by Gasteiger charge is -2.41. The normalized spacial score (nSPS) is 21.1. The van der Waals surface area contributed by atoms with E-state index in [4.69, 9.17) is 21.3 Å². The summed E-state index contributed by atoms with van der Waals surface area (Å²) in [6, 6.07) is 11.8. The van der Waals surface area contributed by atoms with Gasteiger partial charge in [-0.15, -0.1) is 11.3 Å². The lowest BCUT2D eigenvalue weighted by Crippen LogP contribution is -2.47. The van der Waals surface area contributed by atoms with Gasteiger partial charge in [0, 0.05) is 60.3 Å². The first-order chi connectivity index (χ1) is 21.6. The highest BCUT2D eigenvalue weighted by atomic mass is 35.5. The number of hydrogen-bond acceptors (Lipinski definition) is 8. The largest absolute Gasteiger partial charge is 0.497 e. The summed E-state index contributed by atoms with van der Waals surface area (Å²) in [7, 11) is -0.562. The number of rotatable bonds is 9. The topological polar surface area (TPSA) is 104 Å². The van der Waals surface area contributed by atoms with Crippen molar-refractivity contribution in [1.82, 2.24) is 29.0 Å². The van der Waals surface area contributed by atoms with Gasteiger partial charge in [-0.3, -0.25) is 4.68 Å². The molecule has 2 aliphatic rings. The summed E-state index contributed by atoms with van der Waals surface area (Å²) in [6.07, 6.45) is 17.0. The molecule has 0 aliphatic heterocycles. The second kappa shape index (κ2) is 11.2. The molecule has 7 rings (SSSR count). The van der Waals surface area contributed by atoms with Gasteiger partial charge in [0.15, 0.2) is 5.65 Å². The van der Waals surface area contributed by atoms with E-state index >= 15 is 0 Å². The molecular formula is C33H33ClN6O3S2. The van der Waals surface area contributed by atoms with Crippen molar-refractivity contribution in [2.24, 2.45) is 7.05 Å². The molecule has 0 saturated heterocycles. The summed E-state index contributed by atoms with van der Waals surface area (Å²) in [4.78, 5) is 10.4. The van der Waals surface area contributed by atoms with Gasteiger partial charge >= 0.3 is 0 Å². The maximum Gasteiger partial charge on any atom is 0.250 e. The standard InChI is InChI=1S/C33H33ClN6O3S2/c1-32(17-24(34)7-10-28(32)23-19-38-39(2)21-23)45(41,42)40-16-12-27-26(11-15-35-30(27)40)29-20-36-31(44-29)33(13-4-14-33)37-18-22-5-8-25(43-3)9-6-22/h5-12,15-17,19-21,28,37H,4,13-14,18H2,1-3H3. The highest BCUT2D eigenvalue weighted by Gasteiger charge is 2.48. The summed E-state index contributed by atoms with van der Waals surface area (Å²) in [5.74, 6) is 0.345. The van der Waals surface area contributed by atoms with Gasteiger partial charge in [0.05, 0.1) is 23.7 Å². The molecule has 0 bridgehead atoms. The Balaban J connectivity index is 1.21. The second-order valence-electron chi connectivity index (χ2n) is 11.9. The predicted octanol–water partition coefficient (Wildman–Crippen LogP) is 6.48. The van der Waals surface area contributed by atoms with Crippen LogP contribution in [0.15, 0.2) is 90.6 Å². The average molecular weight is 661 g/mol. The third-order valence-corrected chi connectivity index (χ3v) is 12.9. The molecule has 0 spiro atoms. The summed E-state index contributed by atoms with van der Waals surface area (Å²) in [6.45, 7) is 2.43. The number of fused-ring (bicyclic) bond motifs is 1. The summed E-state index contributed by atoms with van der Waals surface area (Å²) < 4.78 is 35.9. The first-order valence-electron chi connectivity index (χ1n) is 14.7. The first-order valence-corrected chi connectivity index (χ1v) is 17.4. The fraction of sp³-hybridized carbons (Fsp3) is 0.303. The zero-order valence-electron chi connectivity index (χ0n) is 25.1. The third-order valence-electron chi connectivity index (χ3n) is 9.12. The van der Waals surface area contributed by atoms with Crippen LogP contribution in [0.5, 0.6) is 5.75 Å². The molecular weight excluding hydrogens is 628 g/mol. The molecule has 2 aliphatic carbocycles. The van der Waals surface area contributed by atoms with Crippen LogP contribution in [0.4, 0.5) is 0 Å². The Morgan fingerprint density at radius 3 is 2.62 bits per heavy atom. The molecule has 2 atom stereocenters. The number of nitrogens with one attached hydrogen (secondary N) is 1. The second-order valence-corrected chi connectivity index (χ2v) is 15.6. The van der Waals surface area contributed by atoms with Crippen LogP contribution in [0, 0.1) is 0 Å². The molecule has 2 unspecified atom stereocenters. The van der Waals surface area contributed by atoms with E-state index in [9.17, 15) is 8.42 Å². The van der Waals surface area contributed by atoms with E-state index in [0.29, 0.717) is 10.7 Å². The van der Waals surface area contributed by atoms with Crippen LogP contribution >= 0.6 is 22.9 Å². The fourth-order valence-electron chi connectivity index (χ4n) is 6.34. The minimum absolute atomic E-state index is 0.180. The van der Waals surface area contributed by atoms with Crippen LogP contribution < -0.4 is 10.1 Å². The van der Waals surface area contributed by atoms with Gasteiger partial charge in [-0.1, -0.05) is 29.8 Å². The Bertz CT molecular complexity index is 2060. The predicted molar refractivity (Wildman–Crippen MR) is 178 cm³/mol. The first kappa shape index (κ1) is 29.9. The van der Waals surface area contributed by atoms with Crippen LogP contribution in [0.3, 0.4) is 0 Å². The Morgan fingerprint density at radius 2 is 1.93 bits per heavy atom. The number of thiazole rings is 1. The summed E-state index contributed by atoms with van der Waals surface area (Å²) in [5, 5.41) is 10.2. The minimum atomic E-state index is -4.04. The molecule has 12 heteroatoms. The van der Waals surface area contributed by atoms with E-state index in [-0.39, 0.29) is 5.54 Å². The number of hydrogen-bond donors (Lipinski definition) is 1. The molecule has 45 heavy (non-hydrogen) atoms. The number of aromatic nitrogens is 5. The number of aryl methyl sites for hydroxylation is 1. The number of allylic oxidation sites excluding steroid dienone is 3. The Labute approximate surface area is 271 Å². The highest BCUT2D eigenvalue weighted by Crippen LogP contribution is 2.46. The molecule has 4 heterocycles. The van der Waals surface area contributed by atoms with Crippen LogP contribution in [0.1, 0.15) is 48.2 Å². The van der Waals surface area contributed by atoms with E-state index in [2.05, 4.69) is 27.5 Å². The quantitative estimate of drug-likeness (QED) is 0.193. The number of nitrogens with zero attached hydrogens (tertiary/aromatic N) is 5. The van der Waals surface area contributed by atoms with Crippen LogP contribution in [-0.4, -0.2) is 44.0 Å². The van der Waals surface area contributed by atoms with Crippen molar-refractivity contribution < 1.29 is 13.2 Å². The van der Waals surface area contributed by atoms with E-state index < -0.39 is 20.7 Å². The molecule has 1 fully saturated rings. The van der Waals surface area contributed by atoms with Crippen LogP contribution in [0.2, 0.25) is 0 Å².